The minimum Gasteiger partial charge on any atom is -0.478 e. The van der Waals surface area contributed by atoms with Crippen LogP contribution in [0.25, 0.3) is 0 Å². The van der Waals surface area contributed by atoms with Gasteiger partial charge in [-0.2, -0.15) is 0 Å². The molecule has 0 spiro atoms. The third kappa shape index (κ3) is 4.40. The van der Waals surface area contributed by atoms with E-state index >= 15 is 0 Å². The Morgan fingerprint density at radius 1 is 1.30 bits per heavy atom. The highest BCUT2D eigenvalue weighted by Crippen LogP contribution is 2.40. The standard InChI is InChI=1S/C23H29FN4O2/c1-15(30-20-9-5-4-8-17(20)24)21(29)26-18-12-23(2,3)13-19-16(18)14-25-22(27-19)28-10-6-7-11-28/h4-5,8-9,14-15,18H,6-7,10-13H2,1-3H3,(H,26,29)/t15-,18+/m1/s1. The third-order valence-corrected chi connectivity index (χ3v) is 5.88. The van der Waals surface area contributed by atoms with E-state index in [4.69, 9.17) is 9.72 Å². The van der Waals surface area contributed by atoms with E-state index < -0.39 is 11.9 Å². The van der Waals surface area contributed by atoms with Crippen LogP contribution in [0, 0.1) is 11.2 Å². The van der Waals surface area contributed by atoms with Gasteiger partial charge in [0.25, 0.3) is 5.91 Å². The molecule has 7 heteroatoms. The number of amides is 1. The third-order valence-electron chi connectivity index (χ3n) is 5.88. The molecule has 1 aliphatic heterocycles. The largest absolute Gasteiger partial charge is 0.478 e. The van der Waals surface area contributed by atoms with Crippen LogP contribution in [0.3, 0.4) is 0 Å². The molecule has 1 N–H and O–H groups in total. The number of ether oxygens (including phenoxy) is 1. The monoisotopic (exact) mass is 412 g/mol. The van der Waals surface area contributed by atoms with E-state index in [1.54, 1.807) is 19.1 Å². The quantitative estimate of drug-likeness (QED) is 0.809. The van der Waals surface area contributed by atoms with E-state index in [2.05, 4.69) is 29.0 Å². The Hall–Kier alpha value is -2.70. The number of hydrogen-bond donors (Lipinski definition) is 1. The van der Waals surface area contributed by atoms with Crippen LogP contribution in [0.5, 0.6) is 5.75 Å². The van der Waals surface area contributed by atoms with Gasteiger partial charge in [0.1, 0.15) is 0 Å². The highest BCUT2D eigenvalue weighted by Gasteiger charge is 2.35. The molecule has 0 saturated carbocycles. The number of rotatable bonds is 5. The van der Waals surface area contributed by atoms with Crippen LogP contribution in [0.4, 0.5) is 10.3 Å². The van der Waals surface area contributed by atoms with Crippen molar-refractivity contribution < 1.29 is 13.9 Å². The Morgan fingerprint density at radius 2 is 2.03 bits per heavy atom. The van der Waals surface area contributed by atoms with E-state index in [1.165, 1.54) is 25.0 Å². The summed E-state index contributed by atoms with van der Waals surface area (Å²) in [5, 5.41) is 3.08. The predicted octanol–water partition coefficient (Wildman–Crippen LogP) is 3.81. The second kappa shape index (κ2) is 8.20. The molecule has 4 rings (SSSR count). The van der Waals surface area contributed by atoms with Crippen molar-refractivity contribution in [2.75, 3.05) is 18.0 Å². The Morgan fingerprint density at radius 3 is 2.77 bits per heavy atom. The van der Waals surface area contributed by atoms with Gasteiger partial charge in [0.2, 0.25) is 5.95 Å². The molecular weight excluding hydrogens is 383 g/mol. The van der Waals surface area contributed by atoms with Gasteiger partial charge >= 0.3 is 0 Å². The molecule has 2 atom stereocenters. The van der Waals surface area contributed by atoms with Crippen molar-refractivity contribution in [1.29, 1.82) is 0 Å². The smallest absolute Gasteiger partial charge is 0.261 e. The van der Waals surface area contributed by atoms with Gasteiger partial charge in [-0.05, 0) is 50.2 Å². The molecule has 1 aliphatic carbocycles. The maximum atomic E-state index is 13.9. The van der Waals surface area contributed by atoms with E-state index in [-0.39, 0.29) is 23.1 Å². The number of nitrogens with zero attached hydrogens (tertiary/aromatic N) is 3. The summed E-state index contributed by atoms with van der Waals surface area (Å²) >= 11 is 0. The van der Waals surface area contributed by atoms with Gasteiger partial charge in [0.05, 0.1) is 11.7 Å². The van der Waals surface area contributed by atoms with Gasteiger partial charge in [-0.3, -0.25) is 4.79 Å². The van der Waals surface area contributed by atoms with E-state index in [0.29, 0.717) is 0 Å². The summed E-state index contributed by atoms with van der Waals surface area (Å²) in [4.78, 5) is 24.5. The van der Waals surface area contributed by atoms with Gasteiger partial charge in [-0.25, -0.2) is 14.4 Å². The number of nitrogens with one attached hydrogen (secondary N) is 1. The fourth-order valence-corrected chi connectivity index (χ4v) is 4.31. The zero-order chi connectivity index (χ0) is 21.3. The summed E-state index contributed by atoms with van der Waals surface area (Å²) in [6.07, 6.45) is 5.01. The number of aromatic nitrogens is 2. The van der Waals surface area contributed by atoms with Crippen molar-refractivity contribution in [3.8, 4) is 5.75 Å². The van der Waals surface area contributed by atoms with Crippen LogP contribution in [0.2, 0.25) is 0 Å². The fourth-order valence-electron chi connectivity index (χ4n) is 4.31. The first-order valence-corrected chi connectivity index (χ1v) is 10.6. The molecule has 1 fully saturated rings. The van der Waals surface area contributed by atoms with Crippen LogP contribution in [-0.4, -0.2) is 35.1 Å². The summed E-state index contributed by atoms with van der Waals surface area (Å²) in [7, 11) is 0. The van der Waals surface area contributed by atoms with Gasteiger partial charge in [0, 0.05) is 24.8 Å². The summed E-state index contributed by atoms with van der Waals surface area (Å²) in [5.74, 6) is 0.0908. The SMILES string of the molecule is C[C@@H](Oc1ccccc1F)C(=O)N[C@H]1CC(C)(C)Cc2nc(N3CCCC3)ncc21. The number of para-hydroxylation sites is 1. The topological polar surface area (TPSA) is 67.3 Å². The molecule has 1 aromatic heterocycles. The van der Waals surface area contributed by atoms with Gasteiger partial charge in [0.15, 0.2) is 17.7 Å². The second-order valence-corrected chi connectivity index (χ2v) is 9.06. The van der Waals surface area contributed by atoms with E-state index in [1.807, 2.05) is 6.20 Å². The molecule has 0 radical (unpaired) electrons. The lowest BCUT2D eigenvalue weighted by atomic mass is 9.74. The highest BCUT2D eigenvalue weighted by molar-refractivity contribution is 5.81. The minimum atomic E-state index is -0.819. The summed E-state index contributed by atoms with van der Waals surface area (Å²) < 4.78 is 19.4. The van der Waals surface area contributed by atoms with Crippen LogP contribution in [-0.2, 0) is 11.2 Å². The Balaban J connectivity index is 1.51. The average molecular weight is 413 g/mol. The van der Waals surface area contributed by atoms with Crippen LogP contribution in [0.1, 0.15) is 57.3 Å². The number of hydrogen-bond acceptors (Lipinski definition) is 5. The lowest BCUT2D eigenvalue weighted by molar-refractivity contribution is -0.128. The van der Waals surface area contributed by atoms with Crippen molar-refractivity contribution in [3.05, 3.63) is 47.5 Å². The van der Waals surface area contributed by atoms with Crippen molar-refractivity contribution >= 4 is 11.9 Å². The van der Waals surface area contributed by atoms with E-state index in [0.717, 1.165) is 43.1 Å². The molecule has 2 aromatic rings. The van der Waals surface area contributed by atoms with Crippen LogP contribution in [0.15, 0.2) is 30.5 Å². The molecule has 1 saturated heterocycles. The number of anilines is 1. The lowest BCUT2D eigenvalue weighted by Gasteiger charge is -2.37. The Kier molecular flexibility index (Phi) is 5.62. The lowest BCUT2D eigenvalue weighted by Crippen LogP contribution is -2.42. The molecule has 160 valence electrons. The van der Waals surface area contributed by atoms with Crippen LogP contribution >= 0.6 is 0 Å². The first-order chi connectivity index (χ1) is 14.3. The summed E-state index contributed by atoms with van der Waals surface area (Å²) in [5.41, 5.74) is 1.96. The second-order valence-electron chi connectivity index (χ2n) is 9.06. The normalized spacial score (nSPS) is 21.1. The number of benzene rings is 1. The fraction of sp³-hybridized carbons (Fsp3) is 0.522. The number of halogens is 1. The minimum absolute atomic E-state index is 0.00277. The molecule has 0 unspecified atom stereocenters. The molecule has 6 nitrogen and oxygen atoms in total. The Bertz CT molecular complexity index is 927. The molecular formula is C23H29FN4O2. The molecule has 0 bridgehead atoms. The van der Waals surface area contributed by atoms with Gasteiger partial charge in [-0.1, -0.05) is 26.0 Å². The van der Waals surface area contributed by atoms with Crippen molar-refractivity contribution in [3.63, 3.8) is 0 Å². The molecule has 1 amide bonds. The Labute approximate surface area is 176 Å². The predicted molar refractivity (Wildman–Crippen MR) is 113 cm³/mol. The average Bonchev–Trinajstić information content (AvgIpc) is 3.23. The first-order valence-electron chi connectivity index (χ1n) is 10.6. The maximum Gasteiger partial charge on any atom is 0.261 e. The van der Waals surface area contributed by atoms with E-state index in [9.17, 15) is 9.18 Å². The number of carbonyl (C=O) groups is 1. The van der Waals surface area contributed by atoms with Gasteiger partial charge in [-0.15, -0.1) is 0 Å². The van der Waals surface area contributed by atoms with Crippen molar-refractivity contribution in [1.82, 2.24) is 15.3 Å². The van der Waals surface area contributed by atoms with Crippen molar-refractivity contribution in [2.45, 2.75) is 58.6 Å². The van der Waals surface area contributed by atoms with Crippen LogP contribution < -0.4 is 15.0 Å². The molecule has 2 heterocycles. The summed E-state index contributed by atoms with van der Waals surface area (Å²) in [6.45, 7) is 7.99. The highest BCUT2D eigenvalue weighted by atomic mass is 19.1. The zero-order valence-corrected chi connectivity index (χ0v) is 17.8. The zero-order valence-electron chi connectivity index (χ0n) is 17.8. The molecule has 1 aromatic carbocycles. The first kappa shape index (κ1) is 20.6. The number of fused-ring (bicyclic) bond motifs is 1. The molecule has 30 heavy (non-hydrogen) atoms. The summed E-state index contributed by atoms with van der Waals surface area (Å²) in [6, 6.07) is 5.90. The molecule has 2 aliphatic rings. The maximum absolute atomic E-state index is 13.9. The number of carbonyl (C=O) groups excluding carboxylic acids is 1. The van der Waals surface area contributed by atoms with Gasteiger partial charge < -0.3 is 15.0 Å². The van der Waals surface area contributed by atoms with Crippen molar-refractivity contribution in [2.24, 2.45) is 5.41 Å².